The van der Waals surface area contributed by atoms with Gasteiger partial charge in [-0.25, -0.2) is 4.79 Å². The van der Waals surface area contributed by atoms with Crippen LogP contribution in [0.15, 0.2) is 30.3 Å². The van der Waals surface area contributed by atoms with Crippen molar-refractivity contribution in [2.45, 2.75) is 18.8 Å². The maximum Gasteiger partial charge on any atom is 0.369 e. The summed E-state index contributed by atoms with van der Waals surface area (Å²) in [7, 11) is 0. The fourth-order valence-corrected chi connectivity index (χ4v) is 1.63. The van der Waals surface area contributed by atoms with Crippen LogP contribution in [0, 0.1) is 0 Å². The molecule has 1 fully saturated rings. The molecular weight excluding hydrogens is 196 g/mol. The highest BCUT2D eigenvalue weighted by molar-refractivity contribution is 5.78. The summed E-state index contributed by atoms with van der Waals surface area (Å²) in [5.41, 5.74) is 0.516. The Balaban J connectivity index is 2.41. The average Bonchev–Trinajstić information content (AvgIpc) is 2.63. The Hall–Kier alpha value is -1.39. The summed E-state index contributed by atoms with van der Waals surface area (Å²) in [4.78, 5) is 11.2. The molecule has 80 valence electrons. The van der Waals surface area contributed by atoms with E-state index in [1.807, 2.05) is 6.07 Å². The van der Waals surface area contributed by atoms with Crippen LogP contribution < -0.4 is 0 Å². The van der Waals surface area contributed by atoms with Gasteiger partial charge in [-0.3, -0.25) is 0 Å². The molecule has 0 unspecified atom stereocenters. The average molecular weight is 208 g/mol. The normalized spacial score (nSPS) is 30.3. The van der Waals surface area contributed by atoms with Gasteiger partial charge in [-0.05, 0) is 6.92 Å². The van der Waals surface area contributed by atoms with Crippen molar-refractivity contribution in [1.29, 1.82) is 0 Å². The lowest BCUT2D eigenvalue weighted by atomic mass is 10.1. The minimum atomic E-state index is -1.62. The number of carboxylic acid groups (broad SMARTS) is 1. The van der Waals surface area contributed by atoms with Crippen molar-refractivity contribution in [3.63, 3.8) is 0 Å². The van der Waals surface area contributed by atoms with Gasteiger partial charge in [0.25, 0.3) is 5.79 Å². The molecular formula is C11H12O4. The predicted molar refractivity (Wildman–Crippen MR) is 52.3 cm³/mol. The molecule has 1 aromatic rings. The van der Waals surface area contributed by atoms with E-state index in [2.05, 4.69) is 0 Å². The van der Waals surface area contributed by atoms with Crippen molar-refractivity contribution >= 4 is 5.97 Å². The van der Waals surface area contributed by atoms with Crippen molar-refractivity contribution in [3.05, 3.63) is 35.9 Å². The molecule has 1 heterocycles. The van der Waals surface area contributed by atoms with Gasteiger partial charge in [0.1, 0.15) is 0 Å². The van der Waals surface area contributed by atoms with Gasteiger partial charge in [0.05, 0.1) is 12.7 Å². The van der Waals surface area contributed by atoms with Crippen molar-refractivity contribution in [2.24, 2.45) is 0 Å². The molecule has 1 aliphatic heterocycles. The van der Waals surface area contributed by atoms with Gasteiger partial charge in [0, 0.05) is 5.56 Å². The van der Waals surface area contributed by atoms with Crippen LogP contribution >= 0.6 is 0 Å². The first-order valence-corrected chi connectivity index (χ1v) is 4.76. The number of hydrogen-bond donors (Lipinski definition) is 1. The third-order valence-electron chi connectivity index (χ3n) is 2.32. The van der Waals surface area contributed by atoms with Gasteiger partial charge in [-0.2, -0.15) is 0 Å². The molecule has 0 saturated carbocycles. The number of carbonyl (C=O) groups is 1. The summed E-state index contributed by atoms with van der Waals surface area (Å²) in [5, 5.41) is 9.18. The number of hydrogen-bond acceptors (Lipinski definition) is 3. The van der Waals surface area contributed by atoms with Crippen LogP contribution in [0.25, 0.3) is 0 Å². The van der Waals surface area contributed by atoms with E-state index in [4.69, 9.17) is 9.47 Å². The third kappa shape index (κ3) is 1.62. The van der Waals surface area contributed by atoms with Crippen LogP contribution in [0.3, 0.4) is 0 Å². The molecule has 4 heteroatoms. The molecule has 1 aromatic carbocycles. The van der Waals surface area contributed by atoms with Gasteiger partial charge in [0.15, 0.2) is 0 Å². The molecule has 0 aliphatic carbocycles. The summed E-state index contributed by atoms with van der Waals surface area (Å²) in [6.45, 7) is 2.08. The van der Waals surface area contributed by atoms with Gasteiger partial charge in [-0.1, -0.05) is 30.3 Å². The largest absolute Gasteiger partial charge is 0.477 e. The molecule has 1 aliphatic rings. The lowest BCUT2D eigenvalue weighted by Gasteiger charge is -2.22. The zero-order valence-electron chi connectivity index (χ0n) is 8.34. The highest BCUT2D eigenvalue weighted by Gasteiger charge is 2.49. The SMILES string of the molecule is C[C@@H]1CO[C@](C(=O)O)(c2ccccc2)O1. The van der Waals surface area contributed by atoms with Crippen molar-refractivity contribution in [3.8, 4) is 0 Å². The maximum atomic E-state index is 11.2. The van der Waals surface area contributed by atoms with E-state index in [1.54, 1.807) is 31.2 Å². The Bertz CT molecular complexity index is 362. The summed E-state index contributed by atoms with van der Waals surface area (Å²) in [6.07, 6.45) is -0.207. The first kappa shape index (κ1) is 10.1. The van der Waals surface area contributed by atoms with Crippen LogP contribution in [0.2, 0.25) is 0 Å². The molecule has 0 spiro atoms. The zero-order chi connectivity index (χ0) is 10.9. The van der Waals surface area contributed by atoms with E-state index in [9.17, 15) is 9.90 Å². The molecule has 0 aromatic heterocycles. The number of ether oxygens (including phenoxy) is 2. The van der Waals surface area contributed by atoms with Crippen LogP contribution in [-0.2, 0) is 20.1 Å². The zero-order valence-corrected chi connectivity index (χ0v) is 8.34. The second-order valence-corrected chi connectivity index (χ2v) is 3.53. The monoisotopic (exact) mass is 208 g/mol. The van der Waals surface area contributed by atoms with Crippen molar-refractivity contribution in [1.82, 2.24) is 0 Å². The number of carboxylic acids is 1. The second-order valence-electron chi connectivity index (χ2n) is 3.53. The van der Waals surface area contributed by atoms with E-state index >= 15 is 0 Å². The van der Waals surface area contributed by atoms with Crippen LogP contribution in [0.1, 0.15) is 12.5 Å². The summed E-state index contributed by atoms with van der Waals surface area (Å²) >= 11 is 0. The van der Waals surface area contributed by atoms with E-state index < -0.39 is 11.8 Å². The molecule has 0 amide bonds. The van der Waals surface area contributed by atoms with E-state index in [-0.39, 0.29) is 6.10 Å². The lowest BCUT2D eigenvalue weighted by molar-refractivity contribution is -0.209. The molecule has 4 nitrogen and oxygen atoms in total. The second kappa shape index (κ2) is 3.64. The molecule has 2 rings (SSSR count). The Kier molecular flexibility index (Phi) is 2.46. The standard InChI is InChI=1S/C11H12O4/c1-8-7-14-11(15-8,10(12)13)9-5-3-2-4-6-9/h2-6,8H,7H2,1H3,(H,12,13)/t8-,11-/m1/s1. The highest BCUT2D eigenvalue weighted by atomic mass is 16.8. The number of aliphatic carboxylic acids is 1. The van der Waals surface area contributed by atoms with Crippen molar-refractivity contribution < 1.29 is 19.4 Å². The van der Waals surface area contributed by atoms with Crippen LogP contribution in [0.5, 0.6) is 0 Å². The van der Waals surface area contributed by atoms with E-state index in [0.717, 1.165) is 0 Å². The predicted octanol–water partition coefficient (Wildman–Crippen LogP) is 1.36. The van der Waals surface area contributed by atoms with Crippen LogP contribution in [-0.4, -0.2) is 23.8 Å². The lowest BCUT2D eigenvalue weighted by Crippen LogP contribution is -2.37. The Morgan fingerprint density at radius 3 is 2.60 bits per heavy atom. The topological polar surface area (TPSA) is 55.8 Å². The molecule has 15 heavy (non-hydrogen) atoms. The molecule has 0 bridgehead atoms. The quantitative estimate of drug-likeness (QED) is 0.797. The fraction of sp³-hybridized carbons (Fsp3) is 0.364. The Morgan fingerprint density at radius 1 is 1.47 bits per heavy atom. The van der Waals surface area contributed by atoms with Gasteiger partial charge in [0.2, 0.25) is 0 Å². The van der Waals surface area contributed by atoms with Crippen LogP contribution in [0.4, 0.5) is 0 Å². The van der Waals surface area contributed by atoms with Gasteiger partial charge < -0.3 is 14.6 Å². The highest BCUT2D eigenvalue weighted by Crippen LogP contribution is 2.34. The molecule has 0 radical (unpaired) electrons. The number of rotatable bonds is 2. The van der Waals surface area contributed by atoms with E-state index in [0.29, 0.717) is 12.2 Å². The fourth-order valence-electron chi connectivity index (χ4n) is 1.63. The van der Waals surface area contributed by atoms with E-state index in [1.165, 1.54) is 0 Å². The molecule has 1 saturated heterocycles. The minimum absolute atomic E-state index is 0.207. The summed E-state index contributed by atoms with van der Waals surface area (Å²) < 4.78 is 10.7. The molecule has 1 N–H and O–H groups in total. The summed E-state index contributed by atoms with van der Waals surface area (Å²) in [6, 6.07) is 8.71. The third-order valence-corrected chi connectivity index (χ3v) is 2.32. The minimum Gasteiger partial charge on any atom is -0.477 e. The molecule has 2 atom stereocenters. The first-order chi connectivity index (χ1) is 7.15. The van der Waals surface area contributed by atoms with Gasteiger partial charge >= 0.3 is 5.97 Å². The number of benzene rings is 1. The van der Waals surface area contributed by atoms with Crippen molar-refractivity contribution in [2.75, 3.05) is 6.61 Å². The summed E-state index contributed by atoms with van der Waals surface area (Å²) in [5.74, 6) is -2.74. The maximum absolute atomic E-state index is 11.2. The smallest absolute Gasteiger partial charge is 0.369 e. The first-order valence-electron chi connectivity index (χ1n) is 4.76. The Labute approximate surface area is 87.4 Å². The Morgan fingerprint density at radius 2 is 2.13 bits per heavy atom. The van der Waals surface area contributed by atoms with Gasteiger partial charge in [-0.15, -0.1) is 0 Å².